The van der Waals surface area contributed by atoms with Crippen molar-refractivity contribution in [2.24, 2.45) is 0 Å². The zero-order valence-corrected chi connectivity index (χ0v) is 17.8. The fourth-order valence-electron chi connectivity index (χ4n) is 3.39. The first-order chi connectivity index (χ1) is 14.1. The SMILES string of the molecule is CN(C(=O)OC(C)(C)C)C1CCN(Cn2cnc(-c3cccc([N+](=O)[O-])c3)n2)CC1. The number of rotatable bonds is 5. The summed E-state index contributed by atoms with van der Waals surface area (Å²) in [6, 6.07) is 6.44. The molecule has 1 aliphatic rings. The maximum absolute atomic E-state index is 12.3. The van der Waals surface area contributed by atoms with Crippen molar-refractivity contribution in [2.45, 2.75) is 51.9 Å². The topological polar surface area (TPSA) is 107 Å². The first-order valence-corrected chi connectivity index (χ1v) is 9.95. The number of aromatic nitrogens is 3. The molecule has 0 saturated carbocycles. The molecule has 1 fully saturated rings. The van der Waals surface area contributed by atoms with Crippen LogP contribution in [0.4, 0.5) is 10.5 Å². The van der Waals surface area contributed by atoms with Gasteiger partial charge in [0.1, 0.15) is 11.9 Å². The molecule has 0 unspecified atom stereocenters. The van der Waals surface area contributed by atoms with Gasteiger partial charge in [0.2, 0.25) is 0 Å². The molecule has 10 heteroatoms. The summed E-state index contributed by atoms with van der Waals surface area (Å²) in [5, 5.41) is 15.4. The summed E-state index contributed by atoms with van der Waals surface area (Å²) in [6.07, 6.45) is 3.04. The number of nitro benzene ring substituents is 1. The molecule has 0 spiro atoms. The molecule has 30 heavy (non-hydrogen) atoms. The Bertz CT molecular complexity index is 899. The lowest BCUT2D eigenvalue weighted by molar-refractivity contribution is -0.384. The standard InChI is InChI=1S/C20H28N6O4/c1-20(2,3)30-19(27)23(4)16-8-10-24(11-9-16)14-25-13-21-18(22-25)15-6-5-7-17(12-15)26(28)29/h5-7,12-13,16H,8-11,14H2,1-4H3. The highest BCUT2D eigenvalue weighted by Crippen LogP contribution is 2.21. The van der Waals surface area contributed by atoms with E-state index in [0.29, 0.717) is 18.1 Å². The number of ether oxygens (including phenoxy) is 1. The Hall–Kier alpha value is -3.01. The molecule has 1 aromatic carbocycles. The van der Waals surface area contributed by atoms with Crippen LogP contribution in [0.25, 0.3) is 11.4 Å². The number of carbonyl (C=O) groups is 1. The summed E-state index contributed by atoms with van der Waals surface area (Å²) < 4.78 is 7.18. The molecule has 1 amide bonds. The molecule has 1 aliphatic heterocycles. The predicted octanol–water partition coefficient (Wildman–Crippen LogP) is 3.14. The quantitative estimate of drug-likeness (QED) is 0.544. The van der Waals surface area contributed by atoms with Crippen LogP contribution in [0.1, 0.15) is 33.6 Å². The Morgan fingerprint density at radius 1 is 1.33 bits per heavy atom. The van der Waals surface area contributed by atoms with Gasteiger partial charge in [0, 0.05) is 43.9 Å². The van der Waals surface area contributed by atoms with Crippen LogP contribution in [0, 0.1) is 10.1 Å². The molecule has 1 aromatic heterocycles. The number of likely N-dealkylation sites (tertiary alicyclic amines) is 1. The zero-order chi connectivity index (χ0) is 21.9. The average molecular weight is 416 g/mol. The molecule has 3 rings (SSSR count). The van der Waals surface area contributed by atoms with Gasteiger partial charge in [-0.15, -0.1) is 5.10 Å². The van der Waals surface area contributed by atoms with Gasteiger partial charge in [-0.1, -0.05) is 12.1 Å². The molecule has 0 radical (unpaired) electrons. The lowest BCUT2D eigenvalue weighted by Gasteiger charge is -2.37. The normalized spacial score (nSPS) is 15.7. The third-order valence-electron chi connectivity index (χ3n) is 4.98. The van der Waals surface area contributed by atoms with Gasteiger partial charge in [0.15, 0.2) is 5.82 Å². The first kappa shape index (κ1) is 21.7. The van der Waals surface area contributed by atoms with E-state index in [1.807, 2.05) is 20.8 Å². The minimum atomic E-state index is -0.504. The van der Waals surface area contributed by atoms with E-state index in [2.05, 4.69) is 15.0 Å². The van der Waals surface area contributed by atoms with Gasteiger partial charge in [-0.25, -0.2) is 14.5 Å². The summed E-state index contributed by atoms with van der Waals surface area (Å²) in [5.41, 5.74) is 0.122. The maximum Gasteiger partial charge on any atom is 0.410 e. The van der Waals surface area contributed by atoms with Crippen molar-refractivity contribution in [1.82, 2.24) is 24.6 Å². The molecule has 162 valence electrons. The number of hydrogen-bond donors (Lipinski definition) is 0. The average Bonchev–Trinajstić information content (AvgIpc) is 3.15. The summed E-state index contributed by atoms with van der Waals surface area (Å²) in [7, 11) is 1.79. The number of nitro groups is 1. The summed E-state index contributed by atoms with van der Waals surface area (Å²) in [4.78, 5) is 31.0. The van der Waals surface area contributed by atoms with Gasteiger partial charge in [0.05, 0.1) is 11.6 Å². The molecule has 0 aliphatic carbocycles. The van der Waals surface area contributed by atoms with Crippen molar-refractivity contribution in [3.63, 3.8) is 0 Å². The van der Waals surface area contributed by atoms with E-state index in [4.69, 9.17) is 4.74 Å². The minimum absolute atomic E-state index is 0.0139. The van der Waals surface area contributed by atoms with Crippen LogP contribution in [-0.2, 0) is 11.4 Å². The molecule has 2 heterocycles. The highest BCUT2D eigenvalue weighted by Gasteiger charge is 2.28. The van der Waals surface area contributed by atoms with Gasteiger partial charge < -0.3 is 9.64 Å². The molecule has 0 N–H and O–H groups in total. The summed E-state index contributed by atoms with van der Waals surface area (Å²) in [5.74, 6) is 0.457. The van der Waals surface area contributed by atoms with Crippen LogP contribution in [0.5, 0.6) is 0 Å². The smallest absolute Gasteiger partial charge is 0.410 e. The lowest BCUT2D eigenvalue weighted by atomic mass is 10.0. The van der Waals surface area contributed by atoms with Crippen LogP contribution < -0.4 is 0 Å². The highest BCUT2D eigenvalue weighted by molar-refractivity contribution is 5.68. The Morgan fingerprint density at radius 3 is 2.67 bits per heavy atom. The Kier molecular flexibility index (Phi) is 6.35. The zero-order valence-electron chi connectivity index (χ0n) is 17.8. The van der Waals surface area contributed by atoms with Crippen molar-refractivity contribution in [3.05, 3.63) is 40.7 Å². The molecule has 10 nitrogen and oxygen atoms in total. The third kappa shape index (κ3) is 5.53. The summed E-state index contributed by atoms with van der Waals surface area (Å²) >= 11 is 0. The number of carbonyl (C=O) groups excluding carboxylic acids is 1. The van der Waals surface area contributed by atoms with Crippen molar-refractivity contribution in [3.8, 4) is 11.4 Å². The van der Waals surface area contributed by atoms with Crippen molar-refractivity contribution in [1.29, 1.82) is 0 Å². The fraction of sp³-hybridized carbons (Fsp3) is 0.550. The van der Waals surface area contributed by atoms with Gasteiger partial charge >= 0.3 is 6.09 Å². The van der Waals surface area contributed by atoms with Gasteiger partial charge in [-0.2, -0.15) is 0 Å². The molecule has 0 bridgehead atoms. The second kappa shape index (κ2) is 8.78. The number of piperidine rings is 1. The van der Waals surface area contributed by atoms with Crippen molar-refractivity contribution >= 4 is 11.8 Å². The van der Waals surface area contributed by atoms with Gasteiger partial charge in [-0.3, -0.25) is 15.0 Å². The fourth-order valence-corrected chi connectivity index (χ4v) is 3.39. The Morgan fingerprint density at radius 2 is 2.03 bits per heavy atom. The number of hydrogen-bond acceptors (Lipinski definition) is 7. The molecular formula is C20H28N6O4. The van der Waals surface area contributed by atoms with E-state index >= 15 is 0 Å². The highest BCUT2D eigenvalue weighted by atomic mass is 16.6. The number of amides is 1. The van der Waals surface area contributed by atoms with Crippen LogP contribution in [-0.4, -0.2) is 67.4 Å². The van der Waals surface area contributed by atoms with Gasteiger partial charge in [-0.05, 0) is 33.6 Å². The Balaban J connectivity index is 1.54. The number of non-ortho nitro benzene ring substituents is 1. The van der Waals surface area contributed by atoms with E-state index < -0.39 is 10.5 Å². The summed E-state index contributed by atoms with van der Waals surface area (Å²) in [6.45, 7) is 7.81. The molecule has 1 saturated heterocycles. The third-order valence-corrected chi connectivity index (χ3v) is 4.98. The largest absolute Gasteiger partial charge is 0.444 e. The lowest BCUT2D eigenvalue weighted by Crippen LogP contribution is -2.47. The number of nitrogens with zero attached hydrogens (tertiary/aromatic N) is 6. The minimum Gasteiger partial charge on any atom is -0.444 e. The van der Waals surface area contributed by atoms with E-state index in [1.54, 1.807) is 35.1 Å². The number of benzene rings is 1. The molecule has 2 aromatic rings. The van der Waals surface area contributed by atoms with E-state index in [9.17, 15) is 14.9 Å². The van der Waals surface area contributed by atoms with Crippen molar-refractivity contribution < 1.29 is 14.5 Å². The molecule has 0 atom stereocenters. The Labute approximate surface area is 175 Å². The maximum atomic E-state index is 12.3. The van der Waals surface area contributed by atoms with Crippen LogP contribution in [0.2, 0.25) is 0 Å². The van der Waals surface area contributed by atoms with E-state index in [1.165, 1.54) is 12.1 Å². The van der Waals surface area contributed by atoms with Gasteiger partial charge in [0.25, 0.3) is 5.69 Å². The van der Waals surface area contributed by atoms with E-state index in [0.717, 1.165) is 25.9 Å². The second-order valence-corrected chi connectivity index (χ2v) is 8.50. The van der Waals surface area contributed by atoms with Crippen molar-refractivity contribution in [2.75, 3.05) is 20.1 Å². The van der Waals surface area contributed by atoms with Crippen LogP contribution >= 0.6 is 0 Å². The predicted molar refractivity (Wildman–Crippen MR) is 111 cm³/mol. The van der Waals surface area contributed by atoms with Crippen LogP contribution in [0.15, 0.2) is 30.6 Å². The second-order valence-electron chi connectivity index (χ2n) is 8.50. The monoisotopic (exact) mass is 416 g/mol. The molecular weight excluding hydrogens is 388 g/mol. The first-order valence-electron chi connectivity index (χ1n) is 9.95. The van der Waals surface area contributed by atoms with Crippen LogP contribution in [0.3, 0.4) is 0 Å². The van der Waals surface area contributed by atoms with E-state index in [-0.39, 0.29) is 17.8 Å².